The molecule has 4 nitrogen and oxygen atoms in total. The number of hydrogen-bond donors (Lipinski definition) is 2. The minimum Gasteiger partial charge on any atom is -0.481 e. The van der Waals surface area contributed by atoms with Gasteiger partial charge in [0, 0.05) is 18.8 Å². The molecular weight excluding hydrogens is 304 g/mol. The third-order valence-corrected chi connectivity index (χ3v) is 4.24. The average molecular weight is 334 g/mol. The summed E-state index contributed by atoms with van der Waals surface area (Å²) < 4.78 is 0. The van der Waals surface area contributed by atoms with Gasteiger partial charge >= 0.3 is 5.97 Å². The topological polar surface area (TPSA) is 74.6 Å². The van der Waals surface area contributed by atoms with Gasteiger partial charge in [0.1, 0.15) is 5.78 Å². The van der Waals surface area contributed by atoms with Gasteiger partial charge in [0.25, 0.3) is 0 Å². The van der Waals surface area contributed by atoms with E-state index in [0.29, 0.717) is 19.3 Å². The smallest absolute Gasteiger partial charge is 0.303 e. The number of carbonyl (C=O) groups excluding carboxylic acids is 1. The number of hydrogen-bond acceptors (Lipinski definition) is 3. The molecule has 0 aromatic heterocycles. The number of allylic oxidation sites excluding steroid dienone is 5. The molecule has 0 radical (unpaired) electrons. The van der Waals surface area contributed by atoms with Crippen LogP contribution in [0.5, 0.6) is 0 Å². The normalized spacial score (nSPS) is 19.3. The maximum atomic E-state index is 12.0. The Bertz CT molecular complexity index is 488. The number of aliphatic hydroxyl groups is 1. The number of carboxylic acids is 1. The molecule has 0 aliphatic heterocycles. The van der Waals surface area contributed by atoms with Gasteiger partial charge in [0.05, 0.1) is 6.10 Å². The summed E-state index contributed by atoms with van der Waals surface area (Å²) in [5.41, 5.74) is 0.990. The van der Waals surface area contributed by atoms with Crippen LogP contribution >= 0.6 is 0 Å². The minimum absolute atomic E-state index is 0.125. The average Bonchev–Trinajstić information content (AvgIpc) is 2.89. The van der Waals surface area contributed by atoms with Crippen LogP contribution in [0.4, 0.5) is 0 Å². The molecule has 134 valence electrons. The van der Waals surface area contributed by atoms with E-state index in [9.17, 15) is 14.7 Å². The Morgan fingerprint density at radius 2 is 2.12 bits per heavy atom. The molecular formula is C20H30O4. The summed E-state index contributed by atoms with van der Waals surface area (Å²) in [6.45, 7) is 2.14. The number of rotatable bonds is 12. The van der Waals surface area contributed by atoms with Crippen molar-refractivity contribution in [2.75, 3.05) is 0 Å². The maximum Gasteiger partial charge on any atom is 0.303 e. The molecule has 1 rings (SSSR count). The first kappa shape index (κ1) is 20.4. The summed E-state index contributed by atoms with van der Waals surface area (Å²) in [5.74, 6) is -0.688. The maximum absolute atomic E-state index is 12.0. The SMILES string of the molecule is CCCCCC(O)/C=C/C1=CCC(=O)C1C/C=C/CCCC(=O)O. The van der Waals surface area contributed by atoms with E-state index >= 15 is 0 Å². The molecule has 0 saturated heterocycles. The molecule has 0 spiro atoms. The Labute approximate surface area is 145 Å². The van der Waals surface area contributed by atoms with Crippen molar-refractivity contribution in [2.24, 2.45) is 5.92 Å². The number of aliphatic carboxylic acids is 1. The third-order valence-electron chi connectivity index (χ3n) is 4.24. The molecule has 1 aliphatic carbocycles. The summed E-state index contributed by atoms with van der Waals surface area (Å²) in [7, 11) is 0. The van der Waals surface area contributed by atoms with Crippen molar-refractivity contribution in [3.05, 3.63) is 36.0 Å². The molecule has 2 N–H and O–H groups in total. The molecule has 0 saturated carbocycles. The lowest BCUT2D eigenvalue weighted by atomic mass is 9.95. The monoisotopic (exact) mass is 334 g/mol. The lowest BCUT2D eigenvalue weighted by molar-refractivity contribution is -0.137. The number of Topliss-reactive ketones (excluding diaryl/α,β-unsaturated/α-hetero) is 1. The first-order valence-corrected chi connectivity index (χ1v) is 9.00. The van der Waals surface area contributed by atoms with E-state index in [1.54, 1.807) is 6.08 Å². The van der Waals surface area contributed by atoms with E-state index in [1.807, 2.05) is 24.3 Å². The second-order valence-corrected chi connectivity index (χ2v) is 6.34. The van der Waals surface area contributed by atoms with Gasteiger partial charge in [-0.05, 0) is 31.3 Å². The Hall–Kier alpha value is -1.68. The third kappa shape index (κ3) is 8.25. The predicted molar refractivity (Wildman–Crippen MR) is 95.7 cm³/mol. The molecule has 24 heavy (non-hydrogen) atoms. The zero-order valence-electron chi connectivity index (χ0n) is 14.6. The van der Waals surface area contributed by atoms with E-state index in [4.69, 9.17) is 5.11 Å². The van der Waals surface area contributed by atoms with Crippen LogP contribution in [0.1, 0.15) is 64.7 Å². The zero-order chi connectivity index (χ0) is 17.8. The van der Waals surface area contributed by atoms with Gasteiger partial charge in [-0.2, -0.15) is 0 Å². The molecule has 0 fully saturated rings. The van der Waals surface area contributed by atoms with Crippen LogP contribution in [0.25, 0.3) is 0 Å². The highest BCUT2D eigenvalue weighted by Crippen LogP contribution is 2.27. The fraction of sp³-hybridized carbons (Fsp3) is 0.600. The minimum atomic E-state index is -0.776. The lowest BCUT2D eigenvalue weighted by Gasteiger charge is -2.09. The number of aliphatic hydroxyl groups excluding tert-OH is 1. The quantitative estimate of drug-likeness (QED) is 0.414. The van der Waals surface area contributed by atoms with Crippen LogP contribution < -0.4 is 0 Å². The number of unbranched alkanes of at least 4 members (excludes halogenated alkanes) is 3. The van der Waals surface area contributed by atoms with Crippen LogP contribution in [-0.4, -0.2) is 28.1 Å². The van der Waals surface area contributed by atoms with E-state index in [0.717, 1.165) is 37.7 Å². The van der Waals surface area contributed by atoms with Crippen LogP contribution in [0.3, 0.4) is 0 Å². The van der Waals surface area contributed by atoms with Crippen LogP contribution in [0, 0.1) is 5.92 Å². The van der Waals surface area contributed by atoms with Crippen LogP contribution in [0.2, 0.25) is 0 Å². The second-order valence-electron chi connectivity index (χ2n) is 6.34. The summed E-state index contributed by atoms with van der Waals surface area (Å²) in [6.07, 6.45) is 15.8. The first-order valence-electron chi connectivity index (χ1n) is 9.00. The van der Waals surface area contributed by atoms with Gasteiger partial charge in [-0.1, -0.05) is 56.6 Å². The predicted octanol–water partition coefficient (Wildman–Crippen LogP) is 4.20. The summed E-state index contributed by atoms with van der Waals surface area (Å²) >= 11 is 0. The van der Waals surface area contributed by atoms with Crippen molar-refractivity contribution in [2.45, 2.75) is 70.8 Å². The second kappa shape index (κ2) is 11.8. The summed E-state index contributed by atoms with van der Waals surface area (Å²) in [6, 6.07) is 0. The number of ketones is 1. The highest BCUT2D eigenvalue weighted by molar-refractivity contribution is 5.89. The highest BCUT2D eigenvalue weighted by atomic mass is 16.4. The van der Waals surface area contributed by atoms with Gasteiger partial charge in [0.15, 0.2) is 0 Å². The highest BCUT2D eigenvalue weighted by Gasteiger charge is 2.24. The molecule has 0 amide bonds. The molecule has 0 aromatic rings. The molecule has 0 aromatic carbocycles. The van der Waals surface area contributed by atoms with Gasteiger partial charge in [0.2, 0.25) is 0 Å². The molecule has 4 heteroatoms. The van der Waals surface area contributed by atoms with Crippen LogP contribution in [0.15, 0.2) is 36.0 Å². The van der Waals surface area contributed by atoms with E-state index in [-0.39, 0.29) is 18.1 Å². The van der Waals surface area contributed by atoms with Crippen LogP contribution in [-0.2, 0) is 9.59 Å². The van der Waals surface area contributed by atoms with Crippen molar-refractivity contribution in [3.8, 4) is 0 Å². The molecule has 2 atom stereocenters. The van der Waals surface area contributed by atoms with Crippen molar-refractivity contribution in [3.63, 3.8) is 0 Å². The Morgan fingerprint density at radius 3 is 2.83 bits per heavy atom. The standard InChI is InChI=1S/C20H30O4/c1-2-3-6-9-17(21)14-12-16-13-15-19(22)18(16)10-7-4-5-8-11-20(23)24/h4,7,12-14,17-18,21H,2-3,5-6,8-11,15H2,1H3,(H,23,24)/b7-4+,14-12+. The summed E-state index contributed by atoms with van der Waals surface area (Å²) in [4.78, 5) is 22.4. The van der Waals surface area contributed by atoms with Crippen molar-refractivity contribution < 1.29 is 19.8 Å². The van der Waals surface area contributed by atoms with Crippen molar-refractivity contribution >= 4 is 11.8 Å². The fourth-order valence-electron chi connectivity index (χ4n) is 2.78. The van der Waals surface area contributed by atoms with Gasteiger partial charge < -0.3 is 10.2 Å². The van der Waals surface area contributed by atoms with Crippen molar-refractivity contribution in [1.82, 2.24) is 0 Å². The Kier molecular flexibility index (Phi) is 10.0. The van der Waals surface area contributed by atoms with E-state index in [2.05, 4.69) is 6.92 Å². The largest absolute Gasteiger partial charge is 0.481 e. The number of carboxylic acid groups (broad SMARTS) is 1. The molecule has 1 aliphatic rings. The molecule has 0 bridgehead atoms. The van der Waals surface area contributed by atoms with Crippen molar-refractivity contribution in [1.29, 1.82) is 0 Å². The zero-order valence-corrected chi connectivity index (χ0v) is 14.6. The molecule has 2 unspecified atom stereocenters. The van der Waals surface area contributed by atoms with Gasteiger partial charge in [-0.3, -0.25) is 9.59 Å². The fourth-order valence-corrected chi connectivity index (χ4v) is 2.78. The Balaban J connectivity index is 2.39. The molecule has 0 heterocycles. The van der Waals surface area contributed by atoms with Gasteiger partial charge in [-0.25, -0.2) is 0 Å². The number of carbonyl (C=O) groups is 2. The Morgan fingerprint density at radius 1 is 1.33 bits per heavy atom. The van der Waals surface area contributed by atoms with E-state index in [1.165, 1.54) is 0 Å². The van der Waals surface area contributed by atoms with Gasteiger partial charge in [-0.15, -0.1) is 0 Å². The first-order chi connectivity index (χ1) is 11.5. The van der Waals surface area contributed by atoms with E-state index < -0.39 is 12.1 Å². The lowest BCUT2D eigenvalue weighted by Crippen LogP contribution is -2.09. The summed E-state index contributed by atoms with van der Waals surface area (Å²) in [5, 5.41) is 18.5.